The molecule has 1 amide bonds. The van der Waals surface area contributed by atoms with Crippen LogP contribution in [0, 0.1) is 29.6 Å². The van der Waals surface area contributed by atoms with Gasteiger partial charge in [-0.25, -0.2) is 0 Å². The van der Waals surface area contributed by atoms with E-state index in [9.17, 15) is 9.59 Å². The molecule has 0 spiro atoms. The van der Waals surface area contributed by atoms with E-state index in [4.69, 9.17) is 4.74 Å². The lowest BCUT2D eigenvalue weighted by atomic mass is 9.87. The summed E-state index contributed by atoms with van der Waals surface area (Å²) in [6.07, 6.45) is 13.8. The summed E-state index contributed by atoms with van der Waals surface area (Å²) in [5, 5.41) is 3.46. The van der Waals surface area contributed by atoms with Crippen LogP contribution < -0.4 is 9.98 Å². The van der Waals surface area contributed by atoms with Crippen molar-refractivity contribution >= 4 is 24.1 Å². The number of amides is 1. The Morgan fingerprint density at radius 1 is 1.14 bits per heavy atom. The zero-order valence-corrected chi connectivity index (χ0v) is 22.5. The first-order chi connectivity index (χ1) is 16.8. The van der Waals surface area contributed by atoms with Crippen molar-refractivity contribution in [3.8, 4) is 0 Å². The van der Waals surface area contributed by atoms with E-state index in [-0.39, 0.29) is 29.6 Å². The second-order valence-corrected chi connectivity index (χ2v) is 11.2. The lowest BCUT2D eigenvalue weighted by Gasteiger charge is -2.31. The minimum absolute atomic E-state index is 0.0657. The van der Waals surface area contributed by atoms with Gasteiger partial charge in [0.1, 0.15) is 23.4 Å². The number of nitrogens with one attached hydrogen (secondary N) is 1. The molecule has 6 nitrogen and oxygen atoms in total. The molecule has 0 bridgehead atoms. The van der Waals surface area contributed by atoms with E-state index in [2.05, 4.69) is 43.8 Å². The molecule has 1 N–H and O–H groups in total. The molecule has 3 rings (SSSR count). The molecule has 0 aromatic carbocycles. The van der Waals surface area contributed by atoms with Crippen LogP contribution in [0.4, 0.5) is 0 Å². The first-order valence-electron chi connectivity index (χ1n) is 13.7. The molecule has 3 aliphatic rings. The van der Waals surface area contributed by atoms with E-state index >= 15 is 0 Å². The maximum absolute atomic E-state index is 13.6. The summed E-state index contributed by atoms with van der Waals surface area (Å²) in [5.74, 6) is 2.15. The Bertz CT molecular complexity index is 862. The molecule has 2 heterocycles. The van der Waals surface area contributed by atoms with E-state index in [1.54, 1.807) is 12.4 Å². The van der Waals surface area contributed by atoms with E-state index in [0.717, 1.165) is 57.7 Å². The molecule has 35 heavy (non-hydrogen) atoms. The summed E-state index contributed by atoms with van der Waals surface area (Å²) in [6, 6.07) is 0.256. The van der Waals surface area contributed by atoms with Crippen LogP contribution in [0.2, 0.25) is 0 Å². The van der Waals surface area contributed by atoms with Crippen molar-refractivity contribution < 1.29 is 14.3 Å². The number of ether oxygens (including phenoxy) is 1. The fraction of sp³-hybridized carbons (Fsp3) is 0.724. The lowest BCUT2D eigenvalue weighted by Crippen LogP contribution is -2.45. The number of carbonyl (C=O) groups excluding carboxylic acids is 2. The highest BCUT2D eigenvalue weighted by Crippen LogP contribution is 2.33. The number of carbonyl (C=O) groups is 2. The van der Waals surface area contributed by atoms with Gasteiger partial charge < -0.3 is 10.1 Å². The van der Waals surface area contributed by atoms with Crippen LogP contribution in [-0.2, 0) is 14.3 Å². The molecular weight excluding hydrogens is 438 g/mol. The molecule has 6 heteroatoms. The zero-order chi connectivity index (χ0) is 25.4. The third-order valence-electron chi connectivity index (χ3n) is 7.25. The average Bonchev–Trinajstić information content (AvgIpc) is 3.67. The fourth-order valence-electron chi connectivity index (χ4n) is 5.07. The van der Waals surface area contributed by atoms with Crippen LogP contribution in [0.1, 0.15) is 79.6 Å². The third kappa shape index (κ3) is 8.18. The SMILES string of the molecule is CCOCC(CCCC(=O)C1C=[N+]=C[C@H](C(=O)N(C2=CC=C(C(C)C)CN2)C2CC2)C1)CC(C)C. The number of hydrogen-bond acceptors (Lipinski definition) is 4. The second-order valence-electron chi connectivity index (χ2n) is 11.2. The average molecular weight is 485 g/mol. The number of hydrogen-bond donors (Lipinski definition) is 1. The van der Waals surface area contributed by atoms with Gasteiger partial charge in [-0.3, -0.25) is 14.5 Å². The maximum Gasteiger partial charge on any atom is 0.281 e. The van der Waals surface area contributed by atoms with E-state index in [0.29, 0.717) is 30.6 Å². The van der Waals surface area contributed by atoms with E-state index < -0.39 is 0 Å². The highest BCUT2D eigenvalue weighted by atomic mass is 16.5. The van der Waals surface area contributed by atoms with Gasteiger partial charge in [0.2, 0.25) is 5.91 Å². The van der Waals surface area contributed by atoms with Crippen molar-refractivity contribution in [3.05, 3.63) is 23.5 Å². The molecule has 0 saturated heterocycles. The van der Waals surface area contributed by atoms with Crippen LogP contribution in [0.15, 0.2) is 23.5 Å². The van der Waals surface area contributed by atoms with Crippen LogP contribution in [0.5, 0.6) is 0 Å². The monoisotopic (exact) mass is 484 g/mol. The first-order valence-corrected chi connectivity index (χ1v) is 13.7. The molecular formula is C29H46N3O3+. The molecule has 2 aliphatic heterocycles. The molecule has 0 aromatic rings. The van der Waals surface area contributed by atoms with Gasteiger partial charge in [-0.15, -0.1) is 4.67 Å². The summed E-state index contributed by atoms with van der Waals surface area (Å²) in [4.78, 5) is 28.5. The van der Waals surface area contributed by atoms with Crippen molar-refractivity contribution in [1.82, 2.24) is 14.9 Å². The number of dihydropyridines is 1. The molecule has 0 aromatic heterocycles. The minimum Gasteiger partial charge on any atom is -0.381 e. The second kappa shape index (κ2) is 13.2. The van der Waals surface area contributed by atoms with Crippen molar-refractivity contribution in [2.24, 2.45) is 29.6 Å². The van der Waals surface area contributed by atoms with Crippen molar-refractivity contribution in [2.45, 2.75) is 85.6 Å². The van der Waals surface area contributed by atoms with Gasteiger partial charge in [-0.05, 0) is 74.9 Å². The number of Topliss-reactive ketones (excluding diaryl/α,β-unsaturated/α-hetero) is 1. The number of allylic oxidation sites excluding steroid dienone is 2. The predicted octanol–water partition coefficient (Wildman–Crippen LogP) is 4.29. The van der Waals surface area contributed by atoms with Crippen LogP contribution >= 0.6 is 0 Å². The number of rotatable bonds is 14. The molecule has 1 aliphatic carbocycles. The third-order valence-corrected chi connectivity index (χ3v) is 7.25. The van der Waals surface area contributed by atoms with Gasteiger partial charge >= 0.3 is 0 Å². The fourth-order valence-corrected chi connectivity index (χ4v) is 5.07. The van der Waals surface area contributed by atoms with E-state index in [1.165, 1.54) is 5.57 Å². The topological polar surface area (TPSA) is 72.7 Å². The smallest absolute Gasteiger partial charge is 0.281 e. The van der Waals surface area contributed by atoms with Gasteiger partial charge in [-0.2, -0.15) is 0 Å². The zero-order valence-electron chi connectivity index (χ0n) is 22.5. The van der Waals surface area contributed by atoms with Crippen LogP contribution in [0.25, 0.3) is 0 Å². The first kappa shape index (κ1) is 27.4. The molecule has 1 saturated carbocycles. The highest BCUT2D eigenvalue weighted by Gasteiger charge is 2.42. The van der Waals surface area contributed by atoms with Gasteiger partial charge in [0.25, 0.3) is 12.4 Å². The molecule has 0 radical (unpaired) electrons. The normalized spacial score (nSPS) is 22.6. The molecule has 1 fully saturated rings. The summed E-state index contributed by atoms with van der Waals surface area (Å²) >= 11 is 0. The highest BCUT2D eigenvalue weighted by molar-refractivity contribution is 6.01. The minimum atomic E-state index is -0.348. The Hall–Kier alpha value is -2.17. The largest absolute Gasteiger partial charge is 0.381 e. The van der Waals surface area contributed by atoms with Crippen LogP contribution in [0.3, 0.4) is 0 Å². The molecule has 2 unspecified atom stereocenters. The Kier molecular flexibility index (Phi) is 10.4. The Morgan fingerprint density at radius 3 is 2.49 bits per heavy atom. The summed E-state index contributed by atoms with van der Waals surface area (Å²) in [6.45, 7) is 13.1. The molecule has 194 valence electrons. The quantitative estimate of drug-likeness (QED) is 0.373. The van der Waals surface area contributed by atoms with Crippen molar-refractivity contribution in [2.75, 3.05) is 19.8 Å². The molecule has 3 atom stereocenters. The summed E-state index contributed by atoms with van der Waals surface area (Å²) < 4.78 is 10.0. The summed E-state index contributed by atoms with van der Waals surface area (Å²) in [5.41, 5.74) is 1.34. The van der Waals surface area contributed by atoms with Crippen molar-refractivity contribution in [3.63, 3.8) is 0 Å². The number of ketones is 1. The number of nitrogens with zero attached hydrogens (tertiary/aromatic N) is 2. The Morgan fingerprint density at radius 2 is 1.89 bits per heavy atom. The Balaban J connectivity index is 1.56. The standard InChI is InChI=1S/C29H46N3O3/c1-6-35-19-22(14-20(2)3)8-7-9-27(33)24-15-25(17-30-16-24)29(34)32(26-11-12-26)28-13-10-23(18-31-28)21(4)5/h10,13,16-17,20-22,24-26,31H,6-9,11-12,14-15,18-19H2,1-5H3/q+1/t22?,24?,25-/m1/s1. The summed E-state index contributed by atoms with van der Waals surface area (Å²) in [7, 11) is 0. The Labute approximate surface area is 212 Å². The van der Waals surface area contributed by atoms with Gasteiger partial charge in [0.15, 0.2) is 0 Å². The lowest BCUT2D eigenvalue weighted by molar-refractivity contribution is -0.132. The van der Waals surface area contributed by atoms with Gasteiger partial charge in [0, 0.05) is 32.2 Å². The van der Waals surface area contributed by atoms with Crippen LogP contribution in [-0.4, -0.2) is 54.8 Å². The maximum atomic E-state index is 13.6. The van der Waals surface area contributed by atoms with Gasteiger partial charge in [0.05, 0.1) is 0 Å². The predicted molar refractivity (Wildman–Crippen MR) is 143 cm³/mol. The van der Waals surface area contributed by atoms with Crippen molar-refractivity contribution in [1.29, 1.82) is 0 Å². The van der Waals surface area contributed by atoms with E-state index in [1.807, 2.05) is 17.9 Å². The van der Waals surface area contributed by atoms with Gasteiger partial charge in [-0.1, -0.05) is 33.8 Å².